The summed E-state index contributed by atoms with van der Waals surface area (Å²) in [5.41, 5.74) is 0.697. The van der Waals surface area contributed by atoms with Crippen molar-refractivity contribution < 1.29 is 9.53 Å². The van der Waals surface area contributed by atoms with E-state index in [4.69, 9.17) is 4.74 Å². The molecular weight excluding hydrogens is 324 g/mol. The zero-order chi connectivity index (χ0) is 16.9. The molecular formula is C17H22N4O2S. The molecule has 1 aliphatic rings. The van der Waals surface area contributed by atoms with Gasteiger partial charge in [-0.25, -0.2) is 9.78 Å². The van der Waals surface area contributed by atoms with Crippen molar-refractivity contribution in [2.75, 3.05) is 43.6 Å². The summed E-state index contributed by atoms with van der Waals surface area (Å²) in [6.45, 7) is 5.17. The lowest BCUT2D eigenvalue weighted by Crippen LogP contribution is -2.36. The molecule has 0 aromatic carbocycles. The Hall–Kier alpha value is -2.12. The van der Waals surface area contributed by atoms with Gasteiger partial charge in [0.05, 0.1) is 31.1 Å². The number of urea groups is 1. The molecule has 2 aromatic heterocycles. The Morgan fingerprint density at radius 2 is 2.17 bits per heavy atom. The number of hydrogen-bond donors (Lipinski definition) is 1. The first kappa shape index (κ1) is 16.7. The van der Waals surface area contributed by atoms with Gasteiger partial charge in [-0.15, -0.1) is 11.3 Å². The summed E-state index contributed by atoms with van der Waals surface area (Å²) in [7, 11) is 1.80. The second-order valence-corrected chi connectivity index (χ2v) is 6.72. The van der Waals surface area contributed by atoms with Gasteiger partial charge in [-0.2, -0.15) is 0 Å². The third-order valence-corrected chi connectivity index (χ3v) is 5.23. The van der Waals surface area contributed by atoms with Crippen LogP contribution in [0, 0.1) is 0 Å². The molecule has 0 saturated carbocycles. The van der Waals surface area contributed by atoms with E-state index in [0.29, 0.717) is 5.69 Å². The van der Waals surface area contributed by atoms with Crippen LogP contribution in [0.25, 0.3) is 0 Å². The van der Waals surface area contributed by atoms with Crippen LogP contribution in [-0.2, 0) is 4.74 Å². The normalized spacial score (nSPS) is 15.8. The molecule has 2 amide bonds. The van der Waals surface area contributed by atoms with Crippen LogP contribution in [0.4, 0.5) is 16.3 Å². The van der Waals surface area contributed by atoms with E-state index in [1.807, 2.05) is 36.6 Å². The summed E-state index contributed by atoms with van der Waals surface area (Å²) in [5, 5.41) is 4.92. The first-order valence-electron chi connectivity index (χ1n) is 8.01. The van der Waals surface area contributed by atoms with E-state index in [0.717, 1.165) is 37.0 Å². The number of carbonyl (C=O) groups excluding carboxylic acids is 1. The Labute approximate surface area is 146 Å². The first-order valence-corrected chi connectivity index (χ1v) is 8.89. The fourth-order valence-electron chi connectivity index (χ4n) is 2.55. The second kappa shape index (κ2) is 7.63. The summed E-state index contributed by atoms with van der Waals surface area (Å²) in [6, 6.07) is 7.75. The minimum absolute atomic E-state index is 0.0329. The molecule has 128 valence electrons. The molecule has 0 spiro atoms. The van der Waals surface area contributed by atoms with Gasteiger partial charge in [-0.05, 0) is 30.5 Å². The number of nitrogens with one attached hydrogen (secondary N) is 1. The molecule has 1 aliphatic heterocycles. The standard InChI is InChI=1S/C17H22N4O2S/c1-13(15-4-3-11-24-15)20(2)17(22)19-14-5-6-16(18-12-14)21-7-9-23-10-8-21/h3-6,11-13H,7-10H2,1-2H3,(H,19,22). The van der Waals surface area contributed by atoms with Crippen molar-refractivity contribution in [2.45, 2.75) is 13.0 Å². The number of amides is 2. The molecule has 2 aromatic rings. The summed E-state index contributed by atoms with van der Waals surface area (Å²) in [5.74, 6) is 0.914. The monoisotopic (exact) mass is 346 g/mol. The van der Waals surface area contributed by atoms with E-state index in [2.05, 4.69) is 15.2 Å². The summed E-state index contributed by atoms with van der Waals surface area (Å²) in [4.78, 5) is 21.9. The van der Waals surface area contributed by atoms with Crippen LogP contribution in [0.2, 0.25) is 0 Å². The maximum Gasteiger partial charge on any atom is 0.322 e. The number of rotatable bonds is 4. The molecule has 3 heterocycles. The lowest BCUT2D eigenvalue weighted by molar-refractivity contribution is 0.122. The van der Waals surface area contributed by atoms with Crippen molar-refractivity contribution in [3.8, 4) is 0 Å². The topological polar surface area (TPSA) is 57.7 Å². The van der Waals surface area contributed by atoms with E-state index >= 15 is 0 Å². The van der Waals surface area contributed by atoms with Crippen molar-refractivity contribution in [1.82, 2.24) is 9.88 Å². The number of hydrogen-bond acceptors (Lipinski definition) is 5. The van der Waals surface area contributed by atoms with Crippen LogP contribution >= 0.6 is 11.3 Å². The predicted molar refractivity (Wildman–Crippen MR) is 96.8 cm³/mol. The maximum absolute atomic E-state index is 12.4. The molecule has 0 aliphatic carbocycles. The van der Waals surface area contributed by atoms with E-state index in [1.165, 1.54) is 0 Å². The zero-order valence-corrected chi connectivity index (χ0v) is 14.8. The summed E-state index contributed by atoms with van der Waals surface area (Å²) in [6.07, 6.45) is 1.70. The number of ether oxygens (including phenoxy) is 1. The third-order valence-electron chi connectivity index (χ3n) is 4.19. The number of nitrogens with zero attached hydrogens (tertiary/aromatic N) is 3. The van der Waals surface area contributed by atoms with Crippen LogP contribution in [0.5, 0.6) is 0 Å². The van der Waals surface area contributed by atoms with Gasteiger partial charge in [0.1, 0.15) is 5.82 Å². The SMILES string of the molecule is CC(c1cccs1)N(C)C(=O)Nc1ccc(N2CCOCC2)nc1. The summed E-state index contributed by atoms with van der Waals surface area (Å²) >= 11 is 1.65. The molecule has 7 heteroatoms. The third kappa shape index (κ3) is 3.85. The molecule has 3 rings (SSSR count). The average molecular weight is 346 g/mol. The average Bonchev–Trinajstić information content (AvgIpc) is 3.16. The number of thiophene rings is 1. The Balaban J connectivity index is 1.59. The van der Waals surface area contributed by atoms with Gasteiger partial charge in [0.15, 0.2) is 0 Å². The van der Waals surface area contributed by atoms with Gasteiger partial charge in [0, 0.05) is 25.0 Å². The minimum atomic E-state index is -0.142. The molecule has 1 unspecified atom stereocenters. The molecule has 6 nitrogen and oxygen atoms in total. The largest absolute Gasteiger partial charge is 0.378 e. The molecule has 1 saturated heterocycles. The number of pyridine rings is 1. The van der Waals surface area contributed by atoms with E-state index in [-0.39, 0.29) is 12.1 Å². The predicted octanol–water partition coefficient (Wildman–Crippen LogP) is 3.20. The highest BCUT2D eigenvalue weighted by atomic mass is 32.1. The highest BCUT2D eigenvalue weighted by Gasteiger charge is 2.18. The fourth-order valence-corrected chi connectivity index (χ4v) is 3.37. The van der Waals surface area contributed by atoms with Gasteiger partial charge < -0.3 is 19.9 Å². The van der Waals surface area contributed by atoms with Gasteiger partial charge in [0.25, 0.3) is 0 Å². The van der Waals surface area contributed by atoms with Gasteiger partial charge in [0.2, 0.25) is 0 Å². The van der Waals surface area contributed by atoms with Gasteiger partial charge in [-0.1, -0.05) is 6.07 Å². The van der Waals surface area contributed by atoms with Crippen molar-refractivity contribution in [1.29, 1.82) is 0 Å². The van der Waals surface area contributed by atoms with Crippen LogP contribution in [-0.4, -0.2) is 49.3 Å². The Bertz CT molecular complexity index is 654. The number of morpholine rings is 1. The van der Waals surface area contributed by atoms with Crippen molar-refractivity contribution in [3.05, 3.63) is 40.7 Å². The lowest BCUT2D eigenvalue weighted by Gasteiger charge is -2.28. The first-order chi connectivity index (χ1) is 11.6. The number of carbonyl (C=O) groups is 1. The van der Waals surface area contributed by atoms with E-state index < -0.39 is 0 Å². The molecule has 0 bridgehead atoms. The van der Waals surface area contributed by atoms with Crippen molar-refractivity contribution in [2.24, 2.45) is 0 Å². The number of anilines is 2. The highest BCUT2D eigenvalue weighted by molar-refractivity contribution is 7.10. The number of aromatic nitrogens is 1. The highest BCUT2D eigenvalue weighted by Crippen LogP contribution is 2.24. The van der Waals surface area contributed by atoms with Crippen LogP contribution in [0.3, 0.4) is 0 Å². The maximum atomic E-state index is 12.4. The van der Waals surface area contributed by atoms with Crippen LogP contribution in [0.15, 0.2) is 35.8 Å². The van der Waals surface area contributed by atoms with Crippen LogP contribution in [0.1, 0.15) is 17.8 Å². The van der Waals surface area contributed by atoms with Gasteiger partial charge >= 0.3 is 6.03 Å². The van der Waals surface area contributed by atoms with Crippen molar-refractivity contribution >= 4 is 28.9 Å². The molecule has 1 fully saturated rings. The Morgan fingerprint density at radius 1 is 1.38 bits per heavy atom. The Kier molecular flexibility index (Phi) is 5.32. The Morgan fingerprint density at radius 3 is 2.79 bits per heavy atom. The van der Waals surface area contributed by atoms with Crippen LogP contribution < -0.4 is 10.2 Å². The van der Waals surface area contributed by atoms with Crippen molar-refractivity contribution in [3.63, 3.8) is 0 Å². The molecule has 1 atom stereocenters. The molecule has 24 heavy (non-hydrogen) atoms. The molecule has 0 radical (unpaired) electrons. The zero-order valence-electron chi connectivity index (χ0n) is 13.9. The minimum Gasteiger partial charge on any atom is -0.378 e. The smallest absolute Gasteiger partial charge is 0.322 e. The summed E-state index contributed by atoms with van der Waals surface area (Å²) < 4.78 is 5.35. The van der Waals surface area contributed by atoms with E-state index in [9.17, 15) is 4.79 Å². The second-order valence-electron chi connectivity index (χ2n) is 5.74. The van der Waals surface area contributed by atoms with E-state index in [1.54, 1.807) is 29.5 Å². The quantitative estimate of drug-likeness (QED) is 0.924. The van der Waals surface area contributed by atoms with Gasteiger partial charge in [-0.3, -0.25) is 0 Å². The fraction of sp³-hybridized carbons (Fsp3) is 0.412. The molecule has 1 N–H and O–H groups in total. The lowest BCUT2D eigenvalue weighted by atomic mass is 10.2.